The zero-order valence-electron chi connectivity index (χ0n) is 15.3. The number of carbonyl (C=O) groups is 3. The van der Waals surface area contributed by atoms with Crippen molar-refractivity contribution in [2.24, 2.45) is 0 Å². The monoisotopic (exact) mass is 405 g/mol. The standard InChI is InChI=1S/C18H19N3O6S/c1-11-5-3-6-14(21(25)26)18(11)20-16(23)10-27-17(24)9-13(19-12(2)22)15-7-4-8-28-15/h3-8,13H,9-10H2,1-2H3,(H,19,22)(H,20,23). The van der Waals surface area contributed by atoms with Gasteiger partial charge in [0.2, 0.25) is 5.91 Å². The van der Waals surface area contributed by atoms with Gasteiger partial charge in [-0.05, 0) is 23.9 Å². The molecule has 10 heteroatoms. The van der Waals surface area contributed by atoms with Crippen LogP contribution in [-0.2, 0) is 19.1 Å². The molecule has 0 fully saturated rings. The number of para-hydroxylation sites is 1. The van der Waals surface area contributed by atoms with Gasteiger partial charge >= 0.3 is 5.97 Å². The third-order valence-corrected chi connectivity index (χ3v) is 4.70. The number of hydrogen-bond acceptors (Lipinski definition) is 7. The third kappa shape index (κ3) is 5.88. The first-order valence-electron chi connectivity index (χ1n) is 8.28. The highest BCUT2D eigenvalue weighted by Gasteiger charge is 2.21. The van der Waals surface area contributed by atoms with E-state index in [2.05, 4.69) is 10.6 Å². The lowest BCUT2D eigenvalue weighted by Gasteiger charge is -2.15. The second-order valence-electron chi connectivity index (χ2n) is 5.91. The van der Waals surface area contributed by atoms with Gasteiger partial charge in [-0.3, -0.25) is 24.5 Å². The molecule has 2 amide bonds. The molecule has 2 N–H and O–H groups in total. The Bertz CT molecular complexity index is 881. The van der Waals surface area contributed by atoms with Crippen molar-refractivity contribution in [1.82, 2.24) is 5.32 Å². The number of ether oxygens (including phenoxy) is 1. The number of nitrogens with one attached hydrogen (secondary N) is 2. The first-order valence-corrected chi connectivity index (χ1v) is 9.16. The molecule has 0 radical (unpaired) electrons. The van der Waals surface area contributed by atoms with Crippen molar-refractivity contribution < 1.29 is 24.0 Å². The molecule has 2 rings (SSSR count). The maximum Gasteiger partial charge on any atom is 0.308 e. The molecular formula is C18H19N3O6S. The van der Waals surface area contributed by atoms with E-state index < -0.39 is 29.4 Å². The highest BCUT2D eigenvalue weighted by atomic mass is 32.1. The number of nitro groups is 1. The number of esters is 1. The summed E-state index contributed by atoms with van der Waals surface area (Å²) in [5, 5.41) is 18.0. The molecule has 148 valence electrons. The summed E-state index contributed by atoms with van der Waals surface area (Å²) in [5.41, 5.74) is 0.323. The molecule has 1 aromatic carbocycles. The summed E-state index contributed by atoms with van der Waals surface area (Å²) in [7, 11) is 0. The van der Waals surface area contributed by atoms with Crippen LogP contribution in [-0.4, -0.2) is 29.3 Å². The zero-order valence-corrected chi connectivity index (χ0v) is 16.1. The van der Waals surface area contributed by atoms with Crippen LogP contribution in [0.25, 0.3) is 0 Å². The lowest BCUT2D eigenvalue weighted by Crippen LogP contribution is -2.29. The van der Waals surface area contributed by atoms with Gasteiger partial charge in [0.05, 0.1) is 17.4 Å². The Morgan fingerprint density at radius 3 is 2.61 bits per heavy atom. The summed E-state index contributed by atoms with van der Waals surface area (Å²) in [6.45, 7) is 2.36. The first kappa shape index (κ1) is 21.0. The van der Waals surface area contributed by atoms with Gasteiger partial charge in [-0.2, -0.15) is 0 Å². The van der Waals surface area contributed by atoms with E-state index in [-0.39, 0.29) is 23.7 Å². The highest BCUT2D eigenvalue weighted by molar-refractivity contribution is 7.10. The van der Waals surface area contributed by atoms with Gasteiger partial charge in [-0.15, -0.1) is 11.3 Å². The molecule has 0 spiro atoms. The van der Waals surface area contributed by atoms with Crippen molar-refractivity contribution in [3.8, 4) is 0 Å². The Morgan fingerprint density at radius 2 is 2.00 bits per heavy atom. The Balaban J connectivity index is 1.94. The fourth-order valence-electron chi connectivity index (χ4n) is 2.47. The third-order valence-electron chi connectivity index (χ3n) is 3.71. The largest absolute Gasteiger partial charge is 0.455 e. The molecule has 0 aliphatic heterocycles. The van der Waals surface area contributed by atoms with Gasteiger partial charge in [0, 0.05) is 17.9 Å². The van der Waals surface area contributed by atoms with Crippen LogP contribution in [0, 0.1) is 17.0 Å². The summed E-state index contributed by atoms with van der Waals surface area (Å²) < 4.78 is 4.96. The molecule has 0 aliphatic rings. The number of thiophene rings is 1. The van der Waals surface area contributed by atoms with Crippen molar-refractivity contribution in [3.63, 3.8) is 0 Å². The Kier molecular flexibility index (Phi) is 7.21. The van der Waals surface area contributed by atoms with Gasteiger partial charge in [0.15, 0.2) is 6.61 Å². The minimum atomic E-state index is -0.696. The van der Waals surface area contributed by atoms with Crippen molar-refractivity contribution in [2.75, 3.05) is 11.9 Å². The van der Waals surface area contributed by atoms with Crippen molar-refractivity contribution >= 4 is 40.5 Å². The van der Waals surface area contributed by atoms with Crippen molar-refractivity contribution in [2.45, 2.75) is 26.3 Å². The van der Waals surface area contributed by atoms with Gasteiger partial charge in [-0.25, -0.2) is 0 Å². The quantitative estimate of drug-likeness (QED) is 0.395. The number of carbonyl (C=O) groups excluding carboxylic acids is 3. The number of nitrogens with zero attached hydrogens (tertiary/aromatic N) is 1. The fraction of sp³-hybridized carbons (Fsp3) is 0.278. The van der Waals surface area contributed by atoms with Crippen LogP contribution in [0.3, 0.4) is 0 Å². The Labute approximate surface area is 164 Å². The number of nitro benzene ring substituents is 1. The molecule has 0 saturated heterocycles. The smallest absolute Gasteiger partial charge is 0.308 e. The number of aryl methyl sites for hydroxylation is 1. The normalized spacial score (nSPS) is 11.4. The maximum atomic E-state index is 12.1. The number of rotatable bonds is 8. The van der Waals surface area contributed by atoms with Gasteiger partial charge in [0.25, 0.3) is 11.6 Å². The van der Waals surface area contributed by atoms with E-state index in [4.69, 9.17) is 4.74 Å². The zero-order chi connectivity index (χ0) is 20.7. The SMILES string of the molecule is CC(=O)NC(CC(=O)OCC(=O)Nc1c(C)cccc1[N+](=O)[O-])c1cccs1. The first-order chi connectivity index (χ1) is 13.3. The topological polar surface area (TPSA) is 128 Å². The summed E-state index contributed by atoms with van der Waals surface area (Å²) >= 11 is 1.38. The fourth-order valence-corrected chi connectivity index (χ4v) is 3.25. The number of benzene rings is 1. The van der Waals surface area contributed by atoms with E-state index >= 15 is 0 Å². The predicted octanol–water partition coefficient (Wildman–Crippen LogP) is 2.71. The van der Waals surface area contributed by atoms with E-state index in [1.807, 2.05) is 5.38 Å². The molecule has 28 heavy (non-hydrogen) atoms. The Morgan fingerprint density at radius 1 is 1.25 bits per heavy atom. The van der Waals surface area contributed by atoms with Gasteiger partial charge < -0.3 is 15.4 Å². The van der Waals surface area contributed by atoms with Crippen LogP contribution in [0.2, 0.25) is 0 Å². The van der Waals surface area contributed by atoms with Crippen molar-refractivity contribution in [3.05, 3.63) is 56.3 Å². The predicted molar refractivity (Wildman–Crippen MR) is 103 cm³/mol. The van der Waals surface area contributed by atoms with Crippen LogP contribution < -0.4 is 10.6 Å². The minimum absolute atomic E-state index is 0.0586. The van der Waals surface area contributed by atoms with Crippen LogP contribution in [0.15, 0.2) is 35.7 Å². The lowest BCUT2D eigenvalue weighted by molar-refractivity contribution is -0.384. The minimum Gasteiger partial charge on any atom is -0.455 e. The molecule has 1 atom stereocenters. The molecule has 1 unspecified atom stereocenters. The van der Waals surface area contributed by atoms with E-state index in [0.29, 0.717) is 5.56 Å². The van der Waals surface area contributed by atoms with Crippen LogP contribution in [0.5, 0.6) is 0 Å². The van der Waals surface area contributed by atoms with Gasteiger partial charge in [0.1, 0.15) is 5.69 Å². The van der Waals surface area contributed by atoms with E-state index in [9.17, 15) is 24.5 Å². The van der Waals surface area contributed by atoms with E-state index in [1.165, 1.54) is 30.4 Å². The van der Waals surface area contributed by atoms with Crippen molar-refractivity contribution in [1.29, 1.82) is 0 Å². The summed E-state index contributed by atoms with van der Waals surface area (Å²) in [5.74, 6) is -1.67. The molecule has 0 saturated carbocycles. The lowest BCUT2D eigenvalue weighted by atomic mass is 10.1. The van der Waals surface area contributed by atoms with Gasteiger partial charge in [-0.1, -0.05) is 18.2 Å². The number of hydrogen-bond donors (Lipinski definition) is 2. The maximum absolute atomic E-state index is 12.1. The molecule has 0 aliphatic carbocycles. The second kappa shape index (κ2) is 9.60. The van der Waals surface area contributed by atoms with Crippen LogP contribution in [0.4, 0.5) is 11.4 Å². The van der Waals surface area contributed by atoms with Crippen LogP contribution >= 0.6 is 11.3 Å². The molecular weight excluding hydrogens is 386 g/mol. The summed E-state index contributed by atoms with van der Waals surface area (Å²) in [6.07, 6.45) is -0.141. The summed E-state index contributed by atoms with van der Waals surface area (Å²) in [4.78, 5) is 46.7. The van der Waals surface area contributed by atoms with E-state index in [0.717, 1.165) is 4.88 Å². The summed E-state index contributed by atoms with van der Waals surface area (Å²) in [6, 6.07) is 7.42. The van der Waals surface area contributed by atoms with E-state index in [1.54, 1.807) is 25.1 Å². The highest BCUT2D eigenvalue weighted by Crippen LogP contribution is 2.27. The molecule has 0 bridgehead atoms. The average molecular weight is 405 g/mol. The average Bonchev–Trinajstić information content (AvgIpc) is 3.15. The number of anilines is 1. The van der Waals surface area contributed by atoms with Crippen LogP contribution in [0.1, 0.15) is 29.8 Å². The molecule has 2 aromatic rings. The molecule has 9 nitrogen and oxygen atoms in total. The Hall–Kier alpha value is -3.27. The second-order valence-corrected chi connectivity index (χ2v) is 6.89. The molecule has 1 aromatic heterocycles. The number of amides is 2. The molecule has 1 heterocycles.